The maximum atomic E-state index is 10.6. The third-order valence-corrected chi connectivity index (χ3v) is 0.851. The van der Waals surface area contributed by atoms with Crippen molar-refractivity contribution < 1.29 is 9.53 Å². The molecule has 0 bridgehead atoms. The second-order valence-electron chi connectivity index (χ2n) is 1.58. The Morgan fingerprint density at radius 1 is 1.73 bits per heavy atom. The molecule has 1 heterocycles. The Bertz CT molecular complexity index is 260. The van der Waals surface area contributed by atoms with Crippen LogP contribution >= 0.6 is 0 Å². The van der Waals surface area contributed by atoms with E-state index in [1.54, 1.807) is 0 Å². The summed E-state index contributed by atoms with van der Waals surface area (Å²) in [6.07, 6.45) is 2.42. The van der Waals surface area contributed by atoms with Gasteiger partial charge in [-0.3, -0.25) is 0 Å². The standard InChI is InChI=1S/C6H5N3O2/c1-2-6(10)11-5-3-4-7-9-8-5/h2-4H,1H2. The molecule has 5 heteroatoms. The normalized spacial score (nSPS) is 8.73. The Morgan fingerprint density at radius 3 is 3.09 bits per heavy atom. The van der Waals surface area contributed by atoms with E-state index in [1.165, 1.54) is 12.3 Å². The lowest BCUT2D eigenvalue weighted by Crippen LogP contribution is -2.05. The Morgan fingerprint density at radius 2 is 2.55 bits per heavy atom. The van der Waals surface area contributed by atoms with Crippen molar-refractivity contribution in [3.63, 3.8) is 0 Å². The van der Waals surface area contributed by atoms with Gasteiger partial charge < -0.3 is 4.74 Å². The maximum Gasteiger partial charge on any atom is 0.336 e. The fourth-order valence-electron chi connectivity index (χ4n) is 0.429. The third-order valence-electron chi connectivity index (χ3n) is 0.851. The van der Waals surface area contributed by atoms with E-state index in [9.17, 15) is 4.79 Å². The number of rotatable bonds is 2. The van der Waals surface area contributed by atoms with E-state index >= 15 is 0 Å². The van der Waals surface area contributed by atoms with Crippen molar-refractivity contribution in [3.8, 4) is 5.88 Å². The molecule has 0 fully saturated rings. The molecule has 0 aromatic carbocycles. The first kappa shape index (κ1) is 7.33. The van der Waals surface area contributed by atoms with Gasteiger partial charge in [0.2, 0.25) is 5.88 Å². The molecule has 1 aromatic heterocycles. The van der Waals surface area contributed by atoms with Crippen LogP contribution in [-0.2, 0) is 4.79 Å². The van der Waals surface area contributed by atoms with Gasteiger partial charge in [0.15, 0.2) is 0 Å². The molecule has 5 nitrogen and oxygen atoms in total. The lowest BCUT2D eigenvalue weighted by atomic mass is 10.6. The van der Waals surface area contributed by atoms with Crippen LogP contribution in [0.15, 0.2) is 24.9 Å². The highest BCUT2D eigenvalue weighted by atomic mass is 16.5. The van der Waals surface area contributed by atoms with E-state index in [-0.39, 0.29) is 5.88 Å². The zero-order valence-electron chi connectivity index (χ0n) is 5.60. The summed E-state index contributed by atoms with van der Waals surface area (Å²) in [6, 6.07) is 1.42. The zero-order valence-corrected chi connectivity index (χ0v) is 5.60. The number of ether oxygens (including phenoxy) is 1. The Hall–Kier alpha value is -1.78. The number of nitrogens with zero attached hydrogens (tertiary/aromatic N) is 3. The van der Waals surface area contributed by atoms with Gasteiger partial charge in [-0.25, -0.2) is 4.79 Å². The van der Waals surface area contributed by atoms with Crippen LogP contribution in [0.25, 0.3) is 0 Å². The van der Waals surface area contributed by atoms with Crippen molar-refractivity contribution in [2.45, 2.75) is 0 Å². The van der Waals surface area contributed by atoms with Crippen LogP contribution in [0, 0.1) is 0 Å². The van der Waals surface area contributed by atoms with E-state index in [4.69, 9.17) is 0 Å². The third kappa shape index (κ3) is 2.13. The molecule has 0 saturated carbocycles. The summed E-state index contributed by atoms with van der Waals surface area (Å²) in [7, 11) is 0. The molecule has 11 heavy (non-hydrogen) atoms. The highest BCUT2D eigenvalue weighted by Gasteiger charge is 1.98. The summed E-state index contributed by atoms with van der Waals surface area (Å²) < 4.78 is 4.59. The smallest absolute Gasteiger partial charge is 0.336 e. The van der Waals surface area contributed by atoms with E-state index in [0.29, 0.717) is 0 Å². The van der Waals surface area contributed by atoms with Gasteiger partial charge in [-0.1, -0.05) is 11.7 Å². The summed E-state index contributed by atoms with van der Waals surface area (Å²) in [6.45, 7) is 3.22. The second-order valence-corrected chi connectivity index (χ2v) is 1.58. The van der Waals surface area contributed by atoms with Gasteiger partial charge in [-0.2, -0.15) is 0 Å². The summed E-state index contributed by atoms with van der Waals surface area (Å²) in [4.78, 5) is 10.6. The fraction of sp³-hybridized carbons (Fsp3) is 0. The molecule has 0 unspecified atom stereocenters. The quantitative estimate of drug-likeness (QED) is 0.438. The topological polar surface area (TPSA) is 65.0 Å². The fourth-order valence-corrected chi connectivity index (χ4v) is 0.429. The molecule has 0 aliphatic rings. The van der Waals surface area contributed by atoms with Crippen LogP contribution in [0.4, 0.5) is 0 Å². The molecular formula is C6H5N3O2. The predicted molar refractivity (Wildman–Crippen MR) is 35.7 cm³/mol. The van der Waals surface area contributed by atoms with E-state index in [2.05, 4.69) is 26.7 Å². The van der Waals surface area contributed by atoms with E-state index in [0.717, 1.165) is 6.08 Å². The Kier molecular flexibility index (Phi) is 2.27. The van der Waals surface area contributed by atoms with Crippen LogP contribution in [-0.4, -0.2) is 21.4 Å². The molecule has 0 aliphatic heterocycles. The SMILES string of the molecule is C=CC(=O)Oc1ccnnn1. The summed E-state index contributed by atoms with van der Waals surface area (Å²) in [5.41, 5.74) is 0. The Balaban J connectivity index is 2.65. The van der Waals surface area contributed by atoms with Crippen LogP contribution in [0.3, 0.4) is 0 Å². The van der Waals surface area contributed by atoms with Gasteiger partial charge >= 0.3 is 5.97 Å². The van der Waals surface area contributed by atoms with Gasteiger partial charge in [0.05, 0.1) is 6.20 Å². The first-order valence-corrected chi connectivity index (χ1v) is 2.81. The molecule has 1 aromatic rings. The van der Waals surface area contributed by atoms with Crippen molar-refractivity contribution in [1.29, 1.82) is 0 Å². The minimum atomic E-state index is -0.564. The molecule has 0 saturated heterocycles. The molecule has 0 amide bonds. The molecule has 0 atom stereocenters. The van der Waals surface area contributed by atoms with E-state index in [1.807, 2.05) is 0 Å². The van der Waals surface area contributed by atoms with Gasteiger partial charge in [0, 0.05) is 12.1 Å². The predicted octanol–water partition coefficient (Wildman–Crippen LogP) is -0.0370. The summed E-state index contributed by atoms with van der Waals surface area (Å²) in [5.74, 6) is -0.449. The average molecular weight is 151 g/mol. The zero-order chi connectivity index (χ0) is 8.10. The van der Waals surface area contributed by atoms with Gasteiger partial charge in [0.1, 0.15) is 0 Å². The molecule has 0 N–H and O–H groups in total. The van der Waals surface area contributed by atoms with Gasteiger partial charge in [-0.05, 0) is 5.21 Å². The number of aromatic nitrogens is 3. The highest BCUT2D eigenvalue weighted by Crippen LogP contribution is 1.99. The number of hydrogen-bond donors (Lipinski definition) is 0. The Labute approximate surface area is 62.7 Å². The van der Waals surface area contributed by atoms with Crippen molar-refractivity contribution in [3.05, 3.63) is 24.9 Å². The minimum Gasteiger partial charge on any atom is -0.403 e. The van der Waals surface area contributed by atoms with Crippen molar-refractivity contribution in [2.24, 2.45) is 0 Å². The van der Waals surface area contributed by atoms with Crippen molar-refractivity contribution >= 4 is 5.97 Å². The lowest BCUT2D eigenvalue weighted by molar-refractivity contribution is -0.129. The monoisotopic (exact) mass is 151 g/mol. The molecule has 0 aliphatic carbocycles. The average Bonchev–Trinajstić information content (AvgIpc) is 2.06. The minimum absolute atomic E-state index is 0.116. The molecule has 56 valence electrons. The lowest BCUT2D eigenvalue weighted by Gasteiger charge is -1.94. The van der Waals surface area contributed by atoms with Crippen molar-refractivity contribution in [2.75, 3.05) is 0 Å². The first-order chi connectivity index (χ1) is 5.33. The molecule has 0 radical (unpaired) electrons. The van der Waals surface area contributed by atoms with Crippen LogP contribution < -0.4 is 4.74 Å². The second kappa shape index (κ2) is 3.40. The molecule has 1 rings (SSSR count). The summed E-state index contributed by atoms with van der Waals surface area (Å²) in [5, 5.41) is 10.1. The molecular weight excluding hydrogens is 146 g/mol. The number of hydrogen-bond acceptors (Lipinski definition) is 5. The molecule has 0 spiro atoms. The first-order valence-electron chi connectivity index (χ1n) is 2.81. The van der Waals surface area contributed by atoms with Crippen molar-refractivity contribution in [1.82, 2.24) is 15.4 Å². The van der Waals surface area contributed by atoms with Gasteiger partial charge in [0.25, 0.3) is 0 Å². The number of carbonyl (C=O) groups is 1. The maximum absolute atomic E-state index is 10.6. The largest absolute Gasteiger partial charge is 0.403 e. The van der Waals surface area contributed by atoms with Gasteiger partial charge in [-0.15, -0.1) is 5.10 Å². The number of esters is 1. The number of carbonyl (C=O) groups excluding carboxylic acids is 1. The highest BCUT2D eigenvalue weighted by molar-refractivity contribution is 5.82. The van der Waals surface area contributed by atoms with Crippen LogP contribution in [0.2, 0.25) is 0 Å². The van der Waals surface area contributed by atoms with Crippen LogP contribution in [0.5, 0.6) is 5.88 Å². The van der Waals surface area contributed by atoms with Crippen LogP contribution in [0.1, 0.15) is 0 Å². The summed E-state index contributed by atoms with van der Waals surface area (Å²) >= 11 is 0. The van der Waals surface area contributed by atoms with E-state index < -0.39 is 5.97 Å².